The van der Waals surface area contributed by atoms with Crippen LogP contribution in [0.1, 0.15) is 18.9 Å². The predicted molar refractivity (Wildman–Crippen MR) is 85.2 cm³/mol. The number of ether oxygens (including phenoxy) is 1. The molecule has 0 aliphatic carbocycles. The fraction of sp³-hybridized carbons (Fsp3) is 0.600. The zero-order valence-corrected chi connectivity index (χ0v) is 14.0. The van der Waals surface area contributed by atoms with Crippen molar-refractivity contribution in [3.05, 3.63) is 29.8 Å². The van der Waals surface area contributed by atoms with Gasteiger partial charge in [0.1, 0.15) is 0 Å². The molecule has 0 aromatic heterocycles. The second-order valence-corrected chi connectivity index (χ2v) is 9.29. The van der Waals surface area contributed by atoms with Crippen LogP contribution in [0.3, 0.4) is 0 Å². The summed E-state index contributed by atoms with van der Waals surface area (Å²) in [4.78, 5) is 0.396. The minimum Gasteiger partial charge on any atom is -0.378 e. The Morgan fingerprint density at radius 1 is 1.33 bits per heavy atom. The third kappa shape index (κ3) is 2.86. The Morgan fingerprint density at radius 3 is 2.62 bits per heavy atom. The molecule has 0 amide bonds. The molecule has 21 heavy (non-hydrogen) atoms. The van der Waals surface area contributed by atoms with E-state index in [0.29, 0.717) is 18.0 Å². The van der Waals surface area contributed by atoms with Crippen LogP contribution in [0, 0.1) is 6.92 Å². The summed E-state index contributed by atoms with van der Waals surface area (Å²) in [7, 11) is -3.33. The van der Waals surface area contributed by atoms with Gasteiger partial charge in [-0.1, -0.05) is 17.7 Å². The number of sulfonamides is 1. The molecule has 2 fully saturated rings. The average Bonchev–Trinajstić information content (AvgIpc) is 2.82. The van der Waals surface area contributed by atoms with Crippen molar-refractivity contribution < 1.29 is 13.2 Å². The second kappa shape index (κ2) is 5.57. The van der Waals surface area contributed by atoms with E-state index in [4.69, 9.17) is 4.74 Å². The van der Waals surface area contributed by atoms with Crippen LogP contribution >= 0.6 is 11.8 Å². The molecule has 1 aromatic rings. The van der Waals surface area contributed by atoms with Crippen LogP contribution in [0.2, 0.25) is 0 Å². The molecule has 0 N–H and O–H groups in total. The molecule has 4 nitrogen and oxygen atoms in total. The maximum Gasteiger partial charge on any atom is 0.243 e. The third-order valence-corrected chi connectivity index (χ3v) is 7.55. The zero-order chi connectivity index (χ0) is 15.1. The van der Waals surface area contributed by atoms with Gasteiger partial charge >= 0.3 is 0 Å². The highest BCUT2D eigenvalue weighted by molar-refractivity contribution is 8.01. The molecule has 1 spiro atoms. The number of benzene rings is 1. The van der Waals surface area contributed by atoms with Gasteiger partial charge in [0.25, 0.3) is 0 Å². The van der Waals surface area contributed by atoms with Crippen molar-refractivity contribution in [2.75, 3.05) is 25.4 Å². The topological polar surface area (TPSA) is 46.6 Å². The number of aryl methyl sites for hydroxylation is 1. The fourth-order valence-corrected chi connectivity index (χ4v) is 6.32. The molecule has 2 saturated heterocycles. The first-order chi connectivity index (χ1) is 9.95. The lowest BCUT2D eigenvalue weighted by Crippen LogP contribution is -2.60. The van der Waals surface area contributed by atoms with Crippen LogP contribution in [0.4, 0.5) is 0 Å². The normalized spacial score (nSPS) is 25.1. The average molecular weight is 327 g/mol. The van der Waals surface area contributed by atoms with E-state index in [2.05, 4.69) is 0 Å². The molecule has 0 bridgehead atoms. The van der Waals surface area contributed by atoms with Crippen molar-refractivity contribution in [3.8, 4) is 0 Å². The van der Waals surface area contributed by atoms with Crippen molar-refractivity contribution in [2.24, 2.45) is 0 Å². The van der Waals surface area contributed by atoms with Crippen LogP contribution in [0.15, 0.2) is 29.2 Å². The first-order valence-electron chi connectivity index (χ1n) is 7.28. The van der Waals surface area contributed by atoms with Crippen molar-refractivity contribution in [1.29, 1.82) is 0 Å². The molecule has 6 heteroatoms. The second-order valence-electron chi connectivity index (χ2n) is 5.86. The lowest BCUT2D eigenvalue weighted by Gasteiger charge is -2.46. The van der Waals surface area contributed by atoms with Gasteiger partial charge in [0.05, 0.1) is 11.0 Å². The summed E-state index contributed by atoms with van der Waals surface area (Å²) in [5.41, 5.74) is 1.07. The molecule has 2 heterocycles. The van der Waals surface area contributed by atoms with Crippen LogP contribution in [-0.2, 0) is 14.8 Å². The number of rotatable bonds is 4. The monoisotopic (exact) mass is 327 g/mol. The minimum atomic E-state index is -3.33. The highest BCUT2D eigenvalue weighted by Crippen LogP contribution is 2.47. The summed E-state index contributed by atoms with van der Waals surface area (Å²) in [5, 5.41) is 0. The minimum absolute atomic E-state index is 0.0810. The molecule has 3 rings (SSSR count). The van der Waals surface area contributed by atoms with Crippen molar-refractivity contribution in [3.63, 3.8) is 0 Å². The Kier molecular flexibility index (Phi) is 4.07. The van der Waals surface area contributed by atoms with Crippen LogP contribution in [0.5, 0.6) is 0 Å². The van der Waals surface area contributed by atoms with Gasteiger partial charge in [-0.2, -0.15) is 4.31 Å². The highest BCUT2D eigenvalue weighted by atomic mass is 32.2. The first-order valence-corrected chi connectivity index (χ1v) is 9.70. The third-order valence-electron chi connectivity index (χ3n) is 4.17. The molecular weight excluding hydrogens is 306 g/mol. The Morgan fingerprint density at radius 2 is 2.00 bits per heavy atom. The number of hydrogen-bond acceptors (Lipinski definition) is 4. The number of thioether (sulfide) groups is 1. The highest BCUT2D eigenvalue weighted by Gasteiger charge is 2.53. The van der Waals surface area contributed by atoms with E-state index >= 15 is 0 Å². The summed E-state index contributed by atoms with van der Waals surface area (Å²) >= 11 is 1.87. The Labute approximate surface area is 130 Å². The number of hydrogen-bond donors (Lipinski definition) is 0. The molecule has 1 aromatic carbocycles. The molecular formula is C15H21NO3S2. The van der Waals surface area contributed by atoms with E-state index in [0.717, 1.165) is 24.3 Å². The van der Waals surface area contributed by atoms with Gasteiger partial charge in [0.15, 0.2) is 0 Å². The Hall–Kier alpha value is -0.560. The van der Waals surface area contributed by atoms with E-state index in [-0.39, 0.29) is 10.9 Å². The molecule has 0 radical (unpaired) electrons. The fourth-order valence-electron chi connectivity index (χ4n) is 2.99. The molecule has 2 aliphatic rings. The maximum absolute atomic E-state index is 12.6. The van der Waals surface area contributed by atoms with Crippen molar-refractivity contribution in [2.45, 2.75) is 36.0 Å². The first kappa shape index (κ1) is 15.3. The summed E-state index contributed by atoms with van der Waals surface area (Å²) in [6.07, 6.45) is 1.25. The van der Waals surface area contributed by atoms with Crippen LogP contribution in [0.25, 0.3) is 0 Å². The van der Waals surface area contributed by atoms with E-state index in [1.807, 2.05) is 37.7 Å². The van der Waals surface area contributed by atoms with Crippen molar-refractivity contribution in [1.82, 2.24) is 4.31 Å². The molecule has 2 aliphatic heterocycles. The molecule has 1 unspecified atom stereocenters. The predicted octanol–water partition coefficient (Wildman–Crippen LogP) is 2.28. The van der Waals surface area contributed by atoms with Crippen molar-refractivity contribution >= 4 is 21.8 Å². The van der Waals surface area contributed by atoms with Gasteiger partial charge in [0.2, 0.25) is 10.0 Å². The zero-order valence-electron chi connectivity index (χ0n) is 12.4. The maximum atomic E-state index is 12.6. The molecule has 116 valence electrons. The molecule has 1 atom stereocenters. The number of nitrogens with zero attached hydrogens (tertiary/aromatic N) is 1. The summed E-state index contributed by atoms with van der Waals surface area (Å²) in [6, 6.07) is 7.08. The quantitative estimate of drug-likeness (QED) is 0.851. The van der Waals surface area contributed by atoms with Gasteiger partial charge in [-0.05, 0) is 32.4 Å². The van der Waals surface area contributed by atoms with Gasteiger partial charge in [-0.25, -0.2) is 8.42 Å². The summed E-state index contributed by atoms with van der Waals surface area (Å²) in [6.45, 7) is 5.91. The van der Waals surface area contributed by atoms with E-state index in [1.54, 1.807) is 16.4 Å². The Bertz CT molecular complexity index is 606. The van der Waals surface area contributed by atoms with E-state index < -0.39 is 10.0 Å². The van der Waals surface area contributed by atoms with Gasteiger partial charge in [-0.3, -0.25) is 0 Å². The summed E-state index contributed by atoms with van der Waals surface area (Å²) < 4.78 is 32.5. The van der Waals surface area contributed by atoms with E-state index in [9.17, 15) is 8.42 Å². The lowest BCUT2D eigenvalue weighted by molar-refractivity contribution is 0.0598. The largest absolute Gasteiger partial charge is 0.378 e. The van der Waals surface area contributed by atoms with Gasteiger partial charge in [-0.15, -0.1) is 11.8 Å². The lowest BCUT2D eigenvalue weighted by atomic mass is 9.95. The van der Waals surface area contributed by atoms with Gasteiger partial charge < -0.3 is 4.74 Å². The van der Waals surface area contributed by atoms with Gasteiger partial charge in [0, 0.05) is 30.2 Å². The Balaban J connectivity index is 1.67. The van der Waals surface area contributed by atoms with Crippen LogP contribution in [-0.4, -0.2) is 49.0 Å². The molecule has 0 saturated carbocycles. The summed E-state index contributed by atoms with van der Waals surface area (Å²) in [5.74, 6) is 0.978. The SMILES string of the molecule is CCOC1CSC2(C1)CN(S(=O)(=O)c1ccc(C)cc1)C2. The standard InChI is InChI=1S/C15H21NO3S2/c1-3-19-13-8-15(20-9-13)10-16(11-15)21(17,18)14-6-4-12(2)5-7-14/h4-7,13H,3,8-11H2,1-2H3. The van der Waals surface area contributed by atoms with E-state index in [1.165, 1.54) is 0 Å². The smallest absolute Gasteiger partial charge is 0.243 e. The van der Waals surface area contributed by atoms with Crippen LogP contribution < -0.4 is 0 Å².